The van der Waals surface area contributed by atoms with Gasteiger partial charge in [-0.25, -0.2) is 12.8 Å². The summed E-state index contributed by atoms with van der Waals surface area (Å²) < 4.78 is 46.1. The molecule has 1 fully saturated rings. The molecule has 1 saturated heterocycles. The Morgan fingerprint density at radius 3 is 2.21 bits per heavy atom. The van der Waals surface area contributed by atoms with Crippen LogP contribution in [-0.4, -0.2) is 50.9 Å². The van der Waals surface area contributed by atoms with Crippen molar-refractivity contribution in [2.45, 2.75) is 31.2 Å². The smallest absolute Gasteiger partial charge is 0.243 e. The van der Waals surface area contributed by atoms with Gasteiger partial charge in [0.15, 0.2) is 11.6 Å². The van der Waals surface area contributed by atoms with Crippen molar-refractivity contribution >= 4 is 10.0 Å². The second kappa shape index (κ2) is 8.59. The molecule has 0 unspecified atom stereocenters. The number of rotatable bonds is 6. The van der Waals surface area contributed by atoms with Crippen molar-refractivity contribution < 1.29 is 17.5 Å². The van der Waals surface area contributed by atoms with Gasteiger partial charge < -0.3 is 4.74 Å². The topological polar surface area (TPSA) is 49.9 Å². The van der Waals surface area contributed by atoms with Crippen LogP contribution in [0, 0.1) is 5.82 Å². The lowest BCUT2D eigenvalue weighted by Crippen LogP contribution is -2.48. The molecule has 152 valence electrons. The van der Waals surface area contributed by atoms with Gasteiger partial charge in [-0.15, -0.1) is 0 Å². The fraction of sp³-hybridized carbons (Fsp3) is 0.429. The van der Waals surface area contributed by atoms with Crippen molar-refractivity contribution in [1.29, 1.82) is 0 Å². The predicted molar refractivity (Wildman–Crippen MR) is 108 cm³/mol. The zero-order chi connectivity index (χ0) is 20.3. The first-order valence-electron chi connectivity index (χ1n) is 9.46. The van der Waals surface area contributed by atoms with Gasteiger partial charge in [0.25, 0.3) is 0 Å². The van der Waals surface area contributed by atoms with Gasteiger partial charge in [0.1, 0.15) is 0 Å². The maximum absolute atomic E-state index is 13.9. The molecular formula is C21H27FN2O3S. The minimum Gasteiger partial charge on any atom is -0.494 e. The zero-order valence-corrected chi connectivity index (χ0v) is 17.4. The standard InChI is InChI=1S/C21H27FN2O3S/c1-16(2)18-5-7-19(8-6-18)28(25,26)24-12-10-23(11-13-24)15-17-4-9-21(27-3)20(22)14-17/h4-9,14,16H,10-13,15H2,1-3H3. The van der Waals surface area contributed by atoms with E-state index >= 15 is 0 Å². The van der Waals surface area contributed by atoms with E-state index in [9.17, 15) is 12.8 Å². The molecule has 1 heterocycles. The molecule has 2 aromatic carbocycles. The van der Waals surface area contributed by atoms with E-state index in [1.54, 1.807) is 18.2 Å². The van der Waals surface area contributed by atoms with Crippen LogP contribution in [0.25, 0.3) is 0 Å². The van der Waals surface area contributed by atoms with Crippen LogP contribution in [0.5, 0.6) is 5.75 Å². The van der Waals surface area contributed by atoms with E-state index in [1.807, 2.05) is 18.2 Å². The summed E-state index contributed by atoms with van der Waals surface area (Å²) in [5.74, 6) is 0.206. The van der Waals surface area contributed by atoms with Crippen molar-refractivity contribution in [1.82, 2.24) is 9.21 Å². The number of nitrogens with zero attached hydrogens (tertiary/aromatic N) is 2. The fourth-order valence-corrected chi connectivity index (χ4v) is 4.79. The molecule has 0 radical (unpaired) electrons. The minimum atomic E-state index is -3.49. The number of benzene rings is 2. The predicted octanol–water partition coefficient (Wildman–Crippen LogP) is 3.46. The fourth-order valence-electron chi connectivity index (χ4n) is 3.37. The van der Waals surface area contributed by atoms with Crippen LogP contribution in [0.1, 0.15) is 30.9 Å². The SMILES string of the molecule is COc1ccc(CN2CCN(S(=O)(=O)c3ccc(C(C)C)cc3)CC2)cc1F. The highest BCUT2D eigenvalue weighted by atomic mass is 32.2. The summed E-state index contributed by atoms with van der Waals surface area (Å²) in [6, 6.07) is 12.1. The van der Waals surface area contributed by atoms with Gasteiger partial charge in [0.2, 0.25) is 10.0 Å². The first kappa shape index (κ1) is 20.8. The molecular weight excluding hydrogens is 379 g/mol. The summed E-state index contributed by atoms with van der Waals surface area (Å²) in [6.07, 6.45) is 0. The van der Waals surface area contributed by atoms with Crippen LogP contribution in [0.3, 0.4) is 0 Å². The van der Waals surface area contributed by atoms with E-state index in [2.05, 4.69) is 18.7 Å². The van der Waals surface area contributed by atoms with Crippen LogP contribution < -0.4 is 4.74 Å². The van der Waals surface area contributed by atoms with Gasteiger partial charge in [-0.1, -0.05) is 32.0 Å². The third-order valence-electron chi connectivity index (χ3n) is 5.14. The summed E-state index contributed by atoms with van der Waals surface area (Å²) in [5.41, 5.74) is 1.97. The lowest BCUT2D eigenvalue weighted by molar-refractivity contribution is 0.181. The molecule has 0 aromatic heterocycles. The third-order valence-corrected chi connectivity index (χ3v) is 7.05. The van der Waals surface area contributed by atoms with Gasteiger partial charge in [-0.3, -0.25) is 4.90 Å². The monoisotopic (exact) mass is 406 g/mol. The maximum atomic E-state index is 13.9. The molecule has 28 heavy (non-hydrogen) atoms. The Kier molecular flexibility index (Phi) is 6.37. The van der Waals surface area contributed by atoms with Crippen LogP contribution in [-0.2, 0) is 16.6 Å². The van der Waals surface area contributed by atoms with Crippen LogP contribution in [0.2, 0.25) is 0 Å². The van der Waals surface area contributed by atoms with Gasteiger partial charge in [0, 0.05) is 32.7 Å². The number of halogens is 1. The minimum absolute atomic E-state index is 0.225. The van der Waals surface area contributed by atoms with Crippen LogP contribution >= 0.6 is 0 Å². The summed E-state index contributed by atoms with van der Waals surface area (Å²) in [4.78, 5) is 2.47. The van der Waals surface area contributed by atoms with E-state index in [1.165, 1.54) is 17.5 Å². The quantitative estimate of drug-likeness (QED) is 0.737. The maximum Gasteiger partial charge on any atom is 0.243 e. The number of piperazine rings is 1. The molecule has 3 rings (SSSR count). The highest BCUT2D eigenvalue weighted by molar-refractivity contribution is 7.89. The van der Waals surface area contributed by atoms with Crippen molar-refractivity contribution in [3.05, 3.63) is 59.4 Å². The molecule has 0 aliphatic carbocycles. The molecule has 0 amide bonds. The molecule has 1 aliphatic heterocycles. The average Bonchev–Trinajstić information content (AvgIpc) is 2.68. The van der Waals surface area contributed by atoms with Gasteiger partial charge in [-0.2, -0.15) is 4.31 Å². The lowest BCUT2D eigenvalue weighted by atomic mass is 10.0. The summed E-state index contributed by atoms with van der Waals surface area (Å²) in [6.45, 7) is 6.81. The third kappa shape index (κ3) is 4.54. The number of hydrogen-bond donors (Lipinski definition) is 0. The van der Waals surface area contributed by atoms with E-state index in [0.29, 0.717) is 43.5 Å². The second-order valence-corrected chi connectivity index (χ2v) is 9.31. The van der Waals surface area contributed by atoms with E-state index in [0.717, 1.165) is 11.1 Å². The average molecular weight is 407 g/mol. The number of ether oxygens (including phenoxy) is 1. The summed E-state index contributed by atoms with van der Waals surface area (Å²) in [5, 5.41) is 0. The highest BCUT2D eigenvalue weighted by Gasteiger charge is 2.28. The molecule has 0 N–H and O–H groups in total. The highest BCUT2D eigenvalue weighted by Crippen LogP contribution is 2.23. The second-order valence-electron chi connectivity index (χ2n) is 7.37. The van der Waals surface area contributed by atoms with Crippen LogP contribution in [0.15, 0.2) is 47.4 Å². The van der Waals surface area contributed by atoms with Crippen molar-refractivity contribution in [2.24, 2.45) is 0 Å². The number of sulfonamides is 1. The summed E-state index contributed by atoms with van der Waals surface area (Å²) in [7, 11) is -2.05. The molecule has 0 bridgehead atoms. The molecule has 0 spiro atoms. The van der Waals surface area contributed by atoms with Gasteiger partial charge in [-0.05, 0) is 41.3 Å². The Morgan fingerprint density at radius 1 is 1.04 bits per heavy atom. The molecule has 5 nitrogen and oxygen atoms in total. The molecule has 2 aromatic rings. The number of hydrogen-bond acceptors (Lipinski definition) is 4. The molecule has 7 heteroatoms. The van der Waals surface area contributed by atoms with Gasteiger partial charge in [0.05, 0.1) is 12.0 Å². The Hall–Kier alpha value is -1.96. The van der Waals surface area contributed by atoms with Crippen molar-refractivity contribution in [2.75, 3.05) is 33.3 Å². The first-order chi connectivity index (χ1) is 13.3. The lowest BCUT2D eigenvalue weighted by Gasteiger charge is -2.34. The van der Waals surface area contributed by atoms with Gasteiger partial charge >= 0.3 is 0 Å². The zero-order valence-electron chi connectivity index (χ0n) is 16.6. The molecule has 0 atom stereocenters. The van der Waals surface area contributed by atoms with Crippen molar-refractivity contribution in [3.63, 3.8) is 0 Å². The number of methoxy groups -OCH3 is 1. The first-order valence-corrected chi connectivity index (χ1v) is 10.9. The summed E-state index contributed by atoms with van der Waals surface area (Å²) >= 11 is 0. The normalized spacial score (nSPS) is 16.5. The van der Waals surface area contributed by atoms with Crippen molar-refractivity contribution in [3.8, 4) is 5.75 Å². The Bertz CT molecular complexity index is 906. The Morgan fingerprint density at radius 2 is 1.68 bits per heavy atom. The largest absolute Gasteiger partial charge is 0.494 e. The van der Waals surface area contributed by atoms with E-state index < -0.39 is 10.0 Å². The van der Waals surface area contributed by atoms with E-state index in [4.69, 9.17) is 4.74 Å². The van der Waals surface area contributed by atoms with E-state index in [-0.39, 0.29) is 11.6 Å². The molecule has 1 aliphatic rings. The Balaban J connectivity index is 1.62. The van der Waals surface area contributed by atoms with Crippen LogP contribution in [0.4, 0.5) is 4.39 Å². The Labute approximate surface area is 166 Å². The molecule has 0 saturated carbocycles.